The summed E-state index contributed by atoms with van der Waals surface area (Å²) in [6.07, 6.45) is 1.75. The third kappa shape index (κ3) is 4.35. The molecule has 1 aliphatic heterocycles. The molecule has 0 bridgehead atoms. The zero-order valence-corrected chi connectivity index (χ0v) is 22.6. The highest BCUT2D eigenvalue weighted by Gasteiger charge is 2.30. The molecule has 1 atom stereocenters. The summed E-state index contributed by atoms with van der Waals surface area (Å²) in [5.74, 6) is 2.48. The highest BCUT2D eigenvalue weighted by Crippen LogP contribution is 2.37. The Hall–Kier alpha value is -3.14. The molecular formula is C28H28N4O3S2. The minimum Gasteiger partial charge on any atom is -0.497 e. The van der Waals surface area contributed by atoms with Crippen LogP contribution >= 0.6 is 23.1 Å². The first-order valence-electron chi connectivity index (χ1n) is 12.4. The van der Waals surface area contributed by atoms with Gasteiger partial charge in [-0.05, 0) is 47.7 Å². The smallest absolute Gasteiger partial charge is 0.268 e. The molecular weight excluding hydrogens is 504 g/mol. The van der Waals surface area contributed by atoms with Gasteiger partial charge in [-0.2, -0.15) is 0 Å². The summed E-state index contributed by atoms with van der Waals surface area (Å²) in [6, 6.07) is 17.9. The molecule has 9 heteroatoms. The van der Waals surface area contributed by atoms with Crippen LogP contribution in [0, 0.1) is 5.92 Å². The second-order valence-corrected chi connectivity index (χ2v) is 11.7. The lowest BCUT2D eigenvalue weighted by atomic mass is 9.96. The molecule has 0 unspecified atom stereocenters. The molecule has 1 aliphatic rings. The van der Waals surface area contributed by atoms with E-state index in [9.17, 15) is 4.79 Å². The zero-order chi connectivity index (χ0) is 25.5. The van der Waals surface area contributed by atoms with E-state index in [-0.39, 0.29) is 11.7 Å². The monoisotopic (exact) mass is 532 g/mol. The fraction of sp³-hybridized carbons (Fsp3) is 0.321. The van der Waals surface area contributed by atoms with Crippen LogP contribution in [0.2, 0.25) is 0 Å². The molecule has 0 amide bonds. The Kier molecular flexibility index (Phi) is 6.52. The molecule has 7 nitrogen and oxygen atoms in total. The van der Waals surface area contributed by atoms with E-state index in [1.54, 1.807) is 34.8 Å². The lowest BCUT2D eigenvalue weighted by molar-refractivity contribution is 0.00200. The van der Waals surface area contributed by atoms with Gasteiger partial charge < -0.3 is 9.47 Å². The Morgan fingerprint density at radius 2 is 1.92 bits per heavy atom. The molecule has 6 rings (SSSR count). The van der Waals surface area contributed by atoms with Gasteiger partial charge in [0.2, 0.25) is 5.78 Å². The molecule has 0 saturated heterocycles. The Labute approximate surface area is 223 Å². The van der Waals surface area contributed by atoms with Crippen LogP contribution < -0.4 is 10.3 Å². The number of methoxy groups -OCH3 is 1. The standard InChI is InChI=1S/C28H28N4O3S2/c1-17(2)22-15-21-23(16-35-22)37-26-24(21)25(33)31(19-9-11-20(34-3)12-10-19)27-29-30-28(32(26)27)36-14-13-18-7-5-4-6-8-18/h4-12,17,22H,13-16H2,1-3H3/t22-/m1/s1. The van der Waals surface area contributed by atoms with Crippen molar-refractivity contribution in [1.29, 1.82) is 0 Å². The van der Waals surface area contributed by atoms with Crippen molar-refractivity contribution in [2.75, 3.05) is 12.9 Å². The Bertz CT molecular complexity index is 1620. The van der Waals surface area contributed by atoms with Gasteiger partial charge in [-0.25, -0.2) is 8.97 Å². The Morgan fingerprint density at radius 3 is 2.65 bits per heavy atom. The molecule has 0 aliphatic carbocycles. The van der Waals surface area contributed by atoms with Crippen molar-refractivity contribution in [3.63, 3.8) is 0 Å². The van der Waals surface area contributed by atoms with E-state index in [2.05, 4.69) is 52.7 Å². The first-order chi connectivity index (χ1) is 18.0. The number of hydrogen-bond donors (Lipinski definition) is 0. The van der Waals surface area contributed by atoms with Gasteiger partial charge in [-0.1, -0.05) is 55.9 Å². The van der Waals surface area contributed by atoms with Crippen LogP contribution in [-0.2, 0) is 24.2 Å². The summed E-state index contributed by atoms with van der Waals surface area (Å²) in [6.45, 7) is 4.86. The number of aryl methyl sites for hydroxylation is 1. The molecule has 5 aromatic rings. The maximum absolute atomic E-state index is 14.1. The molecule has 4 heterocycles. The summed E-state index contributed by atoms with van der Waals surface area (Å²) < 4.78 is 15.2. The molecule has 37 heavy (non-hydrogen) atoms. The molecule has 0 fully saturated rings. The van der Waals surface area contributed by atoms with E-state index in [0.717, 1.165) is 55.8 Å². The van der Waals surface area contributed by atoms with Gasteiger partial charge >= 0.3 is 0 Å². The Morgan fingerprint density at radius 1 is 1.14 bits per heavy atom. The summed E-state index contributed by atoms with van der Waals surface area (Å²) >= 11 is 3.29. The number of fused-ring (bicyclic) bond motifs is 5. The van der Waals surface area contributed by atoms with Crippen LogP contribution in [0.4, 0.5) is 0 Å². The molecule has 0 spiro atoms. The summed E-state index contributed by atoms with van der Waals surface area (Å²) in [5.41, 5.74) is 3.06. The van der Waals surface area contributed by atoms with Gasteiger partial charge in [0, 0.05) is 17.1 Å². The predicted molar refractivity (Wildman–Crippen MR) is 149 cm³/mol. The average molecular weight is 533 g/mol. The highest BCUT2D eigenvalue weighted by molar-refractivity contribution is 7.99. The van der Waals surface area contributed by atoms with E-state index in [1.807, 2.05) is 30.3 Å². The molecule has 0 radical (unpaired) electrons. The fourth-order valence-electron chi connectivity index (χ4n) is 4.83. The number of nitrogens with zero attached hydrogens (tertiary/aromatic N) is 4. The first kappa shape index (κ1) is 24.2. The molecule has 190 valence electrons. The van der Waals surface area contributed by atoms with E-state index < -0.39 is 0 Å². The number of rotatable bonds is 7. The highest BCUT2D eigenvalue weighted by atomic mass is 32.2. The lowest BCUT2D eigenvalue weighted by Gasteiger charge is -2.26. The predicted octanol–water partition coefficient (Wildman–Crippen LogP) is 5.54. The van der Waals surface area contributed by atoms with Crippen molar-refractivity contribution >= 4 is 39.1 Å². The molecule has 3 aromatic heterocycles. The van der Waals surface area contributed by atoms with E-state index in [4.69, 9.17) is 9.47 Å². The van der Waals surface area contributed by atoms with Gasteiger partial charge in [0.05, 0.1) is 30.9 Å². The van der Waals surface area contributed by atoms with Crippen LogP contribution in [0.15, 0.2) is 64.5 Å². The average Bonchev–Trinajstić information content (AvgIpc) is 3.51. The van der Waals surface area contributed by atoms with Crippen molar-refractivity contribution in [1.82, 2.24) is 19.2 Å². The summed E-state index contributed by atoms with van der Waals surface area (Å²) in [7, 11) is 1.63. The van der Waals surface area contributed by atoms with Gasteiger partial charge in [0.15, 0.2) is 5.16 Å². The second kappa shape index (κ2) is 9.96. The third-order valence-electron chi connectivity index (χ3n) is 6.88. The van der Waals surface area contributed by atoms with E-state index in [1.165, 1.54) is 5.56 Å². The SMILES string of the molecule is COc1ccc(-n2c(=O)c3c4c(sc3n3c(SCCc5ccccc5)nnc23)CO[C@@H](C(C)C)C4)cc1. The number of thiophene rings is 1. The quantitative estimate of drug-likeness (QED) is 0.257. The van der Waals surface area contributed by atoms with Crippen molar-refractivity contribution in [2.45, 2.75) is 44.6 Å². The zero-order valence-electron chi connectivity index (χ0n) is 21.0. The topological polar surface area (TPSA) is 70.7 Å². The van der Waals surface area contributed by atoms with Crippen LogP contribution in [-0.4, -0.2) is 38.1 Å². The molecule has 0 saturated carbocycles. The normalized spacial score (nSPS) is 15.5. The molecule has 2 aromatic carbocycles. The number of thioether (sulfide) groups is 1. The van der Waals surface area contributed by atoms with Gasteiger partial charge in [0.25, 0.3) is 5.56 Å². The van der Waals surface area contributed by atoms with E-state index in [0.29, 0.717) is 18.3 Å². The van der Waals surface area contributed by atoms with Crippen LogP contribution in [0.25, 0.3) is 21.7 Å². The van der Waals surface area contributed by atoms with E-state index >= 15 is 0 Å². The van der Waals surface area contributed by atoms with Crippen molar-refractivity contribution in [2.24, 2.45) is 5.92 Å². The number of ether oxygens (including phenoxy) is 2. The summed E-state index contributed by atoms with van der Waals surface area (Å²) in [5, 5.41) is 10.6. The fourth-order valence-corrected chi connectivity index (χ4v) is 7.05. The van der Waals surface area contributed by atoms with Gasteiger partial charge in [-0.15, -0.1) is 21.5 Å². The van der Waals surface area contributed by atoms with Gasteiger partial charge in [-0.3, -0.25) is 4.79 Å². The minimum atomic E-state index is -0.0668. The largest absolute Gasteiger partial charge is 0.497 e. The van der Waals surface area contributed by atoms with Crippen molar-refractivity contribution in [3.8, 4) is 11.4 Å². The van der Waals surface area contributed by atoms with Crippen molar-refractivity contribution in [3.05, 3.63) is 81.0 Å². The number of hydrogen-bond acceptors (Lipinski definition) is 7. The Balaban J connectivity index is 1.52. The second-order valence-electron chi connectivity index (χ2n) is 9.52. The van der Waals surface area contributed by atoms with Crippen molar-refractivity contribution < 1.29 is 9.47 Å². The van der Waals surface area contributed by atoms with Crippen LogP contribution in [0.5, 0.6) is 5.75 Å². The summed E-state index contributed by atoms with van der Waals surface area (Å²) in [4.78, 5) is 16.1. The third-order valence-corrected chi connectivity index (χ3v) is 9.00. The van der Waals surface area contributed by atoms with Gasteiger partial charge in [0.1, 0.15) is 10.6 Å². The lowest BCUT2D eigenvalue weighted by Crippen LogP contribution is -2.28. The maximum atomic E-state index is 14.1. The van der Waals surface area contributed by atoms with Crippen LogP contribution in [0.1, 0.15) is 29.9 Å². The minimum absolute atomic E-state index is 0.0668. The first-order valence-corrected chi connectivity index (χ1v) is 14.2. The number of aromatic nitrogens is 4. The maximum Gasteiger partial charge on any atom is 0.268 e. The number of benzene rings is 2. The van der Waals surface area contributed by atoms with Crippen LogP contribution in [0.3, 0.4) is 0 Å². The molecule has 0 N–H and O–H groups in total.